The molecular formula is C15H16O6. The first-order valence-corrected chi connectivity index (χ1v) is 7.26. The molecule has 3 aliphatic heterocycles. The summed E-state index contributed by atoms with van der Waals surface area (Å²) < 4.78 is 16.6. The highest BCUT2D eigenvalue weighted by atomic mass is 16.7. The lowest BCUT2D eigenvalue weighted by molar-refractivity contribution is -0.195. The van der Waals surface area contributed by atoms with Gasteiger partial charge in [0.2, 0.25) is 5.60 Å². The van der Waals surface area contributed by atoms with Crippen molar-refractivity contribution < 1.29 is 28.9 Å². The summed E-state index contributed by atoms with van der Waals surface area (Å²) >= 11 is 0. The molecule has 3 heterocycles. The van der Waals surface area contributed by atoms with Crippen molar-refractivity contribution in [1.82, 2.24) is 0 Å². The fraction of sp³-hybridized carbons (Fsp3) is 0.733. The van der Waals surface area contributed by atoms with Gasteiger partial charge in [0.15, 0.2) is 6.10 Å². The zero-order chi connectivity index (χ0) is 14.9. The number of rotatable bonds is 1. The summed E-state index contributed by atoms with van der Waals surface area (Å²) in [6.45, 7) is 7.55. The first kappa shape index (κ1) is 12.2. The van der Waals surface area contributed by atoms with Crippen molar-refractivity contribution in [2.75, 3.05) is 0 Å². The first-order chi connectivity index (χ1) is 9.79. The Labute approximate surface area is 121 Å². The van der Waals surface area contributed by atoms with E-state index in [4.69, 9.17) is 14.2 Å². The van der Waals surface area contributed by atoms with Gasteiger partial charge >= 0.3 is 11.9 Å². The molecule has 3 saturated heterocycles. The lowest BCUT2D eigenvalue weighted by Gasteiger charge is -2.51. The molecule has 112 valence electrons. The number of fused-ring (bicyclic) bond motifs is 4. The number of ether oxygens (including phenoxy) is 3. The number of aliphatic hydroxyl groups is 1. The van der Waals surface area contributed by atoms with Crippen molar-refractivity contribution in [3.63, 3.8) is 0 Å². The van der Waals surface area contributed by atoms with Gasteiger partial charge in [-0.1, -0.05) is 12.2 Å². The summed E-state index contributed by atoms with van der Waals surface area (Å²) in [6.07, 6.45) is -1.34. The Morgan fingerprint density at radius 3 is 2.76 bits per heavy atom. The maximum Gasteiger partial charge on any atom is 0.342 e. The predicted octanol–water partition coefficient (Wildman–Crippen LogP) is -0.0620. The third-order valence-corrected chi connectivity index (χ3v) is 6.60. The van der Waals surface area contributed by atoms with E-state index in [0.29, 0.717) is 0 Å². The Bertz CT molecular complexity index is 642. The van der Waals surface area contributed by atoms with Gasteiger partial charge in [-0.15, -0.1) is 0 Å². The lowest BCUT2D eigenvalue weighted by Crippen LogP contribution is -2.66. The van der Waals surface area contributed by atoms with Crippen LogP contribution in [0.4, 0.5) is 0 Å². The minimum Gasteiger partial charge on any atom is -0.457 e. The number of esters is 2. The summed E-state index contributed by atoms with van der Waals surface area (Å²) in [7, 11) is 0. The average molecular weight is 292 g/mol. The van der Waals surface area contributed by atoms with E-state index in [9.17, 15) is 14.7 Å². The highest BCUT2D eigenvalue weighted by molar-refractivity contribution is 5.91. The van der Waals surface area contributed by atoms with E-state index in [2.05, 4.69) is 6.58 Å². The molecule has 6 heteroatoms. The topological polar surface area (TPSA) is 85.4 Å². The molecule has 1 N–H and O–H groups in total. The highest BCUT2D eigenvalue weighted by Crippen LogP contribution is 2.76. The SMILES string of the molecule is C=C(C)[C@@H]1[C@H]2OC(=O)[C@H]1[C@]1(O)C[C@H]3O[C@]34C(=O)O[C@H]2[C@]14C. The van der Waals surface area contributed by atoms with Crippen molar-refractivity contribution in [2.24, 2.45) is 17.3 Å². The molecule has 0 aromatic rings. The average Bonchev–Trinajstić information content (AvgIpc) is 2.86. The van der Waals surface area contributed by atoms with Gasteiger partial charge < -0.3 is 19.3 Å². The largest absolute Gasteiger partial charge is 0.457 e. The molecule has 0 amide bonds. The molecule has 6 nitrogen and oxygen atoms in total. The van der Waals surface area contributed by atoms with E-state index in [1.54, 1.807) is 6.92 Å². The second-order valence-electron chi connectivity index (χ2n) is 7.25. The van der Waals surface area contributed by atoms with E-state index in [1.807, 2.05) is 6.92 Å². The minimum absolute atomic E-state index is 0.269. The molecule has 21 heavy (non-hydrogen) atoms. The fourth-order valence-corrected chi connectivity index (χ4v) is 5.59. The zero-order valence-electron chi connectivity index (χ0n) is 11.8. The number of epoxide rings is 1. The monoisotopic (exact) mass is 292 g/mol. The molecular weight excluding hydrogens is 276 g/mol. The fourth-order valence-electron chi connectivity index (χ4n) is 5.59. The molecule has 0 aromatic heterocycles. The first-order valence-electron chi connectivity index (χ1n) is 7.26. The second-order valence-corrected chi connectivity index (χ2v) is 7.25. The Morgan fingerprint density at radius 1 is 1.38 bits per heavy atom. The smallest absolute Gasteiger partial charge is 0.342 e. The van der Waals surface area contributed by atoms with Gasteiger partial charge in [-0.3, -0.25) is 4.79 Å². The van der Waals surface area contributed by atoms with Crippen LogP contribution in [-0.2, 0) is 23.8 Å². The molecule has 5 rings (SSSR count). The quantitative estimate of drug-likeness (QED) is 0.414. The van der Waals surface area contributed by atoms with E-state index in [1.165, 1.54) is 0 Å². The van der Waals surface area contributed by atoms with Crippen LogP contribution in [0.5, 0.6) is 0 Å². The summed E-state index contributed by atoms with van der Waals surface area (Å²) in [4.78, 5) is 24.7. The van der Waals surface area contributed by atoms with Gasteiger partial charge in [-0.25, -0.2) is 4.79 Å². The minimum atomic E-state index is -1.35. The van der Waals surface area contributed by atoms with Crippen LogP contribution in [0.15, 0.2) is 12.2 Å². The second kappa shape index (κ2) is 2.90. The van der Waals surface area contributed by atoms with Crippen LogP contribution in [0.25, 0.3) is 0 Å². The van der Waals surface area contributed by atoms with Crippen LogP contribution < -0.4 is 0 Å². The van der Waals surface area contributed by atoms with Gasteiger partial charge in [0.05, 0.1) is 16.9 Å². The summed E-state index contributed by atoms with van der Waals surface area (Å²) in [5.41, 5.74) is -2.60. The molecule has 8 atom stereocenters. The van der Waals surface area contributed by atoms with Crippen molar-refractivity contribution in [2.45, 2.75) is 49.8 Å². The lowest BCUT2D eigenvalue weighted by atomic mass is 9.53. The standard InChI is InChI=1S/C15H16O6/c1-5(2)7-8-11(16)19-9(7)10-13(3)14(8,18)4-6-15(13,21-6)12(17)20-10/h6-10,18H,1,4H2,2-3H3/t6-,7+,8+,9-,10-,13-,14-,15+/m1/s1. The van der Waals surface area contributed by atoms with E-state index >= 15 is 0 Å². The van der Waals surface area contributed by atoms with Crippen LogP contribution in [0, 0.1) is 17.3 Å². The van der Waals surface area contributed by atoms with Gasteiger partial charge in [0.1, 0.15) is 12.2 Å². The highest BCUT2D eigenvalue weighted by Gasteiger charge is 2.95. The number of hydrogen-bond donors (Lipinski definition) is 1. The van der Waals surface area contributed by atoms with Crippen LogP contribution in [0.2, 0.25) is 0 Å². The van der Waals surface area contributed by atoms with Crippen LogP contribution >= 0.6 is 0 Å². The molecule has 1 spiro atoms. The summed E-state index contributed by atoms with van der Waals surface area (Å²) in [5.74, 6) is -1.86. The molecule has 5 aliphatic rings. The third-order valence-electron chi connectivity index (χ3n) is 6.60. The Hall–Kier alpha value is -1.40. The number of carbonyl (C=O) groups excluding carboxylic acids is 2. The Balaban J connectivity index is 1.78. The van der Waals surface area contributed by atoms with Crippen molar-refractivity contribution in [3.05, 3.63) is 12.2 Å². The van der Waals surface area contributed by atoms with Crippen LogP contribution in [-0.4, -0.2) is 46.6 Å². The maximum atomic E-state index is 12.3. The van der Waals surface area contributed by atoms with Gasteiger partial charge in [-0.05, 0) is 13.8 Å². The third kappa shape index (κ3) is 0.874. The van der Waals surface area contributed by atoms with E-state index in [0.717, 1.165) is 5.57 Å². The number of hydrogen-bond acceptors (Lipinski definition) is 6. The van der Waals surface area contributed by atoms with Crippen molar-refractivity contribution in [1.29, 1.82) is 0 Å². The predicted molar refractivity (Wildman–Crippen MR) is 66.8 cm³/mol. The van der Waals surface area contributed by atoms with Gasteiger partial charge in [0, 0.05) is 12.3 Å². The molecule has 0 unspecified atom stereocenters. The van der Waals surface area contributed by atoms with Crippen LogP contribution in [0.3, 0.4) is 0 Å². The normalized spacial score (nSPS) is 62.0. The number of carbonyl (C=O) groups is 2. The zero-order valence-corrected chi connectivity index (χ0v) is 11.8. The summed E-state index contributed by atoms with van der Waals surface area (Å²) in [5, 5.41) is 11.4. The van der Waals surface area contributed by atoms with Gasteiger partial charge in [0.25, 0.3) is 0 Å². The molecule has 2 aliphatic carbocycles. The van der Waals surface area contributed by atoms with Gasteiger partial charge in [-0.2, -0.15) is 0 Å². The maximum absolute atomic E-state index is 12.3. The molecule has 0 aromatic carbocycles. The Kier molecular flexibility index (Phi) is 1.68. The van der Waals surface area contributed by atoms with E-state index in [-0.39, 0.29) is 18.4 Å². The molecule has 2 saturated carbocycles. The van der Waals surface area contributed by atoms with E-state index < -0.39 is 46.7 Å². The Morgan fingerprint density at radius 2 is 2.10 bits per heavy atom. The van der Waals surface area contributed by atoms with Crippen molar-refractivity contribution in [3.8, 4) is 0 Å². The van der Waals surface area contributed by atoms with Crippen LogP contribution in [0.1, 0.15) is 20.3 Å². The van der Waals surface area contributed by atoms with Crippen molar-refractivity contribution >= 4 is 11.9 Å². The molecule has 2 bridgehead atoms. The molecule has 0 radical (unpaired) electrons. The molecule has 5 fully saturated rings. The summed E-state index contributed by atoms with van der Waals surface area (Å²) in [6, 6.07) is 0.